The largest absolute Gasteiger partial charge is 0.468 e. The van der Waals surface area contributed by atoms with Crippen LogP contribution in [0.1, 0.15) is 145 Å². The molecular weight excluding hydrogens is 1470 g/mol. The van der Waals surface area contributed by atoms with Crippen LogP contribution in [0.4, 0.5) is 0 Å². The van der Waals surface area contributed by atoms with Crippen molar-refractivity contribution in [3.8, 4) is 11.5 Å². The normalized spacial score (nSPS) is 30.9. The second kappa shape index (κ2) is 39.4. The number of rotatable bonds is 32. The summed E-state index contributed by atoms with van der Waals surface area (Å²) in [6, 6.07) is 54.8. The zero-order chi connectivity index (χ0) is 79.1. The maximum atomic E-state index is 14.0. The zero-order valence-corrected chi connectivity index (χ0v) is 67.4. The van der Waals surface area contributed by atoms with Gasteiger partial charge in [-0.3, -0.25) is 4.79 Å². The minimum Gasteiger partial charge on any atom is -0.468 e. The minimum atomic E-state index is -1.25. The number of Topliss-reactive ketones (excluding diaryl/α,β-unsaturated/α-hetero) is 1. The lowest BCUT2D eigenvalue weighted by molar-refractivity contribution is -0.342. The Morgan fingerprint density at radius 1 is 0.389 bits per heavy atom. The smallest absolute Gasteiger partial charge is 0.338 e. The molecule has 13 rings (SSSR count). The average molecular weight is 1580 g/mol. The van der Waals surface area contributed by atoms with E-state index in [9.17, 15) is 19.2 Å². The van der Waals surface area contributed by atoms with E-state index in [0.717, 1.165) is 38.7 Å². The van der Waals surface area contributed by atoms with E-state index < -0.39 is 161 Å². The van der Waals surface area contributed by atoms with Crippen LogP contribution >= 0.6 is 0 Å². The van der Waals surface area contributed by atoms with Gasteiger partial charge in [0.05, 0.1) is 85.7 Å². The van der Waals surface area contributed by atoms with Crippen LogP contribution in [-0.4, -0.2) is 181 Å². The molecular formula is C89H110O23Si. The number of hydrogen-bond donors (Lipinski definition) is 0. The van der Waals surface area contributed by atoms with Crippen LogP contribution < -0.4 is 9.47 Å². The quantitative estimate of drug-likeness (QED) is 0.0125. The van der Waals surface area contributed by atoms with E-state index in [1.54, 1.807) is 48.5 Å². The molecule has 0 amide bonds. The van der Waals surface area contributed by atoms with Crippen molar-refractivity contribution < 1.29 is 109 Å². The number of ketones is 1. The van der Waals surface area contributed by atoms with Gasteiger partial charge in [-0.25, -0.2) is 9.59 Å². The predicted octanol–water partition coefficient (Wildman–Crippen LogP) is 15.5. The number of esters is 3. The molecule has 24 heteroatoms. The third-order valence-corrected chi connectivity index (χ3v) is 23.4. The molecule has 7 aromatic rings. The van der Waals surface area contributed by atoms with Crippen LogP contribution in [0, 0.1) is 0 Å². The van der Waals surface area contributed by atoms with Crippen LogP contribution in [0.2, 0.25) is 25.7 Å². The first-order chi connectivity index (χ1) is 54.5. The number of hydrogen-bond acceptors (Lipinski definition) is 23. The number of fused-ring (bicyclic) bond motifs is 2. The first-order valence-corrected chi connectivity index (χ1v) is 43.8. The van der Waals surface area contributed by atoms with Crippen LogP contribution in [0.3, 0.4) is 0 Å². The molecule has 6 fully saturated rings. The molecule has 6 aliphatic rings. The number of carbonyl (C=O) groups is 4. The Morgan fingerprint density at radius 3 is 1.28 bits per heavy atom. The Balaban J connectivity index is 0.680. The van der Waals surface area contributed by atoms with E-state index >= 15 is 0 Å². The van der Waals surface area contributed by atoms with E-state index in [0.29, 0.717) is 54.9 Å². The second-order valence-corrected chi connectivity index (χ2v) is 37.4. The van der Waals surface area contributed by atoms with Crippen molar-refractivity contribution in [3.05, 3.63) is 192 Å². The Morgan fingerprint density at radius 2 is 0.805 bits per heavy atom. The summed E-state index contributed by atoms with van der Waals surface area (Å²) in [5, 5.41) is 4.38. The van der Waals surface area contributed by atoms with Crippen molar-refractivity contribution in [2.45, 2.75) is 287 Å². The molecule has 0 bridgehead atoms. The van der Waals surface area contributed by atoms with E-state index in [1.807, 2.05) is 102 Å². The molecule has 0 unspecified atom stereocenters. The molecule has 23 nitrogen and oxygen atoms in total. The molecule has 0 aliphatic carbocycles. The molecule has 6 aliphatic heterocycles. The third kappa shape index (κ3) is 23.4. The van der Waals surface area contributed by atoms with Crippen LogP contribution in [0.15, 0.2) is 170 Å². The summed E-state index contributed by atoms with van der Waals surface area (Å²) in [7, 11) is -1.25. The number of carbonyl (C=O) groups excluding carboxylic acids is 4. The van der Waals surface area contributed by atoms with Crippen molar-refractivity contribution >= 4 is 53.3 Å². The molecule has 608 valence electrons. The van der Waals surface area contributed by atoms with Gasteiger partial charge in [0.1, 0.15) is 47.8 Å². The number of benzene rings is 7. The van der Waals surface area contributed by atoms with Crippen molar-refractivity contribution in [3.63, 3.8) is 0 Å². The summed E-state index contributed by atoms with van der Waals surface area (Å²) in [4.78, 5) is 52.2. The molecule has 0 spiro atoms. The average Bonchev–Trinajstić information content (AvgIpc) is 0.788. The van der Waals surface area contributed by atoms with Crippen LogP contribution in [0.5, 0.6) is 11.5 Å². The van der Waals surface area contributed by atoms with Crippen molar-refractivity contribution in [1.82, 2.24) is 0 Å². The predicted molar refractivity (Wildman–Crippen MR) is 420 cm³/mol. The summed E-state index contributed by atoms with van der Waals surface area (Å²) >= 11 is 0. The molecule has 7 aromatic carbocycles. The summed E-state index contributed by atoms with van der Waals surface area (Å²) in [5.41, 5.74) is 2.69. The first-order valence-electron chi connectivity index (χ1n) is 40.1. The molecule has 113 heavy (non-hydrogen) atoms. The van der Waals surface area contributed by atoms with Gasteiger partial charge < -0.3 is 94.8 Å². The third-order valence-electron chi connectivity index (χ3n) is 21.7. The van der Waals surface area contributed by atoms with Crippen molar-refractivity contribution in [1.29, 1.82) is 0 Å². The van der Waals surface area contributed by atoms with Gasteiger partial charge in [-0.05, 0) is 161 Å². The van der Waals surface area contributed by atoms with Gasteiger partial charge >= 0.3 is 17.9 Å². The van der Waals surface area contributed by atoms with Gasteiger partial charge in [0.2, 0.25) is 6.29 Å². The summed E-state index contributed by atoms with van der Waals surface area (Å²) in [6.45, 7) is 21.0. The highest BCUT2D eigenvalue weighted by Gasteiger charge is 2.50. The maximum absolute atomic E-state index is 14.0. The van der Waals surface area contributed by atoms with Gasteiger partial charge in [0.15, 0.2) is 50.5 Å². The Bertz CT molecular complexity index is 4200. The summed E-state index contributed by atoms with van der Waals surface area (Å²) in [5.74, 6) is -0.412. The fourth-order valence-electron chi connectivity index (χ4n) is 15.4. The van der Waals surface area contributed by atoms with Crippen molar-refractivity contribution in [2.75, 3.05) is 13.4 Å². The van der Waals surface area contributed by atoms with Gasteiger partial charge in [0, 0.05) is 59.6 Å². The monoisotopic (exact) mass is 1570 g/mol. The second-order valence-electron chi connectivity index (χ2n) is 31.8. The van der Waals surface area contributed by atoms with E-state index in [2.05, 4.69) is 80.3 Å². The van der Waals surface area contributed by atoms with Gasteiger partial charge in [0.25, 0.3) is 0 Å². The highest BCUT2D eigenvalue weighted by molar-refractivity contribution is 6.76. The molecule has 6 heterocycles. The molecule has 0 N–H and O–H groups in total. The Labute approximate surface area is 663 Å². The highest BCUT2D eigenvalue weighted by Crippen LogP contribution is 2.40. The van der Waals surface area contributed by atoms with E-state index in [1.165, 1.54) is 6.92 Å². The van der Waals surface area contributed by atoms with Crippen LogP contribution in [0.25, 0.3) is 21.5 Å². The lowest BCUT2D eigenvalue weighted by Gasteiger charge is -2.46. The topological polar surface area (TPSA) is 244 Å². The first kappa shape index (κ1) is 83.3. The lowest BCUT2D eigenvalue weighted by Crippen LogP contribution is -2.57. The van der Waals surface area contributed by atoms with Crippen molar-refractivity contribution in [2.24, 2.45) is 0 Å². The fraction of sp³-hybridized carbons (Fsp3) is 0.528. The SMILES string of the molecule is CC(=O)CCC(=O)O[C@H]1CC[C@H](O[C@@H]2[C@@H](C)O[C@@H](O[C@@H]3C[C@@H](O[C@H]4CC[C@H](O[C@@H]5[C@@H](C)O[C@@H](O[C@@H]6C[C@H](Oc7ccc(OCOCC[Si](C)(C)C)cc7)O[C@H](C)[C@H]6OC(=O)c6ccccc6)C[C@H]5OCc5ccc6ccccc6c5)O[C@H]4C)O[C@H](C)[C@H]3OC(=O)c3ccccc3)C[C@H]2OCc2ccc3ccccc3c2)O[C@H]1C. The molecule has 0 saturated carbocycles. The Kier molecular flexibility index (Phi) is 29.0. The maximum Gasteiger partial charge on any atom is 0.338 e. The molecule has 22 atom stereocenters. The van der Waals surface area contributed by atoms with Gasteiger partial charge in [-0.1, -0.05) is 129 Å². The zero-order valence-electron chi connectivity index (χ0n) is 66.4. The van der Waals surface area contributed by atoms with Crippen LogP contribution in [-0.2, 0) is 103 Å². The van der Waals surface area contributed by atoms with E-state index in [4.69, 9.17) is 90.0 Å². The number of ether oxygens (including phenoxy) is 19. The Hall–Kier alpha value is -7.60. The fourth-order valence-corrected chi connectivity index (χ4v) is 16.2. The highest BCUT2D eigenvalue weighted by atomic mass is 28.3. The van der Waals surface area contributed by atoms with Gasteiger partial charge in [-0.2, -0.15) is 0 Å². The van der Waals surface area contributed by atoms with Gasteiger partial charge in [-0.15, -0.1) is 0 Å². The molecule has 6 saturated heterocycles. The lowest BCUT2D eigenvalue weighted by atomic mass is 9.99. The molecule has 0 radical (unpaired) electrons. The molecule has 0 aromatic heterocycles. The van der Waals surface area contributed by atoms with E-state index in [-0.39, 0.29) is 64.3 Å². The minimum absolute atomic E-state index is 0.00537. The summed E-state index contributed by atoms with van der Waals surface area (Å²) in [6.07, 6.45) is -12.3. The summed E-state index contributed by atoms with van der Waals surface area (Å²) < 4.78 is 125. The standard InChI is InChI=1S/C89H110O23Si/c1-54(90)29-40-77(91)105-71-38-41-78(98-55(71)2)109-84-57(4)102-82(48-74(84)96-52-62-31-33-64-22-18-20-28-68(64)46-62)108-76-50-83(103-60(7)87(76)112-89(93)66-25-15-12-16-26-66)106-72-39-42-79(99-56(72)3)110-85-58(5)101-81(47-73(85)95-51-61-30-32-63-21-17-19-27-67(63)45-61)107-75-49-80(100-59(6)86(75)111-88(92)65-23-13-11-14-24-65)104-70-36-34-69(35-37-70)97-53-94-43-44-113(8,9)10/h11-28,30-37,45-46,55-60,71-76,78-87H,29,38-44,47-53H2,1-10H3/t55-,56-,57+,58+,59+,60+,71-,72-,73+,74+,75+,76+,78-,79-,80-,81-,82-,83+,84+,85+,86+,87+/m0/s1.